The number of thioether (sulfide) groups is 1. The Morgan fingerprint density at radius 3 is 2.50 bits per heavy atom. The van der Waals surface area contributed by atoms with Gasteiger partial charge in [0.2, 0.25) is 0 Å². The third kappa shape index (κ3) is 3.99. The van der Waals surface area contributed by atoms with Crippen LogP contribution in [0.1, 0.15) is 17.0 Å². The standard InChI is InChI=1S/C22H15BrCl2N2OS2/c1-12-8-14(13(2)26(12)17-6-7-18(24)19(25)11-17)9-20-21(28)27(22(29)30-20)16-5-3-4-15(23)10-16/h3-11H,1-2H3/b20-9-. The van der Waals surface area contributed by atoms with Gasteiger partial charge in [-0.2, -0.15) is 0 Å². The van der Waals surface area contributed by atoms with Crippen LogP contribution in [0.2, 0.25) is 10.0 Å². The number of halogens is 3. The maximum Gasteiger partial charge on any atom is 0.270 e. The number of hydrogen-bond donors (Lipinski definition) is 0. The van der Waals surface area contributed by atoms with Crippen LogP contribution >= 0.6 is 63.1 Å². The molecular weight excluding hydrogens is 523 g/mol. The molecule has 3 aromatic rings. The maximum atomic E-state index is 13.1. The summed E-state index contributed by atoms with van der Waals surface area (Å²) < 4.78 is 3.49. The van der Waals surface area contributed by atoms with E-state index in [4.69, 9.17) is 35.4 Å². The molecule has 0 aliphatic carbocycles. The highest BCUT2D eigenvalue weighted by Crippen LogP contribution is 2.37. The van der Waals surface area contributed by atoms with Crippen LogP contribution in [-0.4, -0.2) is 14.8 Å². The van der Waals surface area contributed by atoms with E-state index in [9.17, 15) is 4.79 Å². The summed E-state index contributed by atoms with van der Waals surface area (Å²) in [5.41, 5.74) is 4.64. The van der Waals surface area contributed by atoms with Crippen molar-refractivity contribution in [3.63, 3.8) is 0 Å². The molecule has 1 aromatic heterocycles. The average molecular weight is 538 g/mol. The van der Waals surface area contributed by atoms with Gasteiger partial charge in [0.25, 0.3) is 5.91 Å². The van der Waals surface area contributed by atoms with E-state index in [1.54, 1.807) is 11.0 Å². The third-order valence-electron chi connectivity index (χ3n) is 4.78. The molecule has 0 radical (unpaired) electrons. The number of benzene rings is 2. The molecule has 1 amide bonds. The fourth-order valence-corrected chi connectivity index (χ4v) is 5.37. The Bertz CT molecular complexity index is 1240. The van der Waals surface area contributed by atoms with Gasteiger partial charge in [-0.25, -0.2) is 0 Å². The van der Waals surface area contributed by atoms with Crippen LogP contribution in [0.25, 0.3) is 11.8 Å². The van der Waals surface area contributed by atoms with Gasteiger partial charge < -0.3 is 4.57 Å². The van der Waals surface area contributed by atoms with Gasteiger partial charge in [-0.1, -0.05) is 69.2 Å². The van der Waals surface area contributed by atoms with E-state index < -0.39 is 0 Å². The molecule has 2 heterocycles. The zero-order valence-electron chi connectivity index (χ0n) is 15.9. The first-order valence-corrected chi connectivity index (χ1v) is 11.7. The number of anilines is 1. The molecule has 1 aliphatic heterocycles. The van der Waals surface area contributed by atoms with Crippen LogP contribution in [-0.2, 0) is 4.79 Å². The minimum Gasteiger partial charge on any atom is -0.318 e. The smallest absolute Gasteiger partial charge is 0.270 e. The molecule has 2 aromatic carbocycles. The molecule has 0 saturated carbocycles. The zero-order chi connectivity index (χ0) is 21.6. The molecule has 1 fully saturated rings. The summed E-state index contributed by atoms with van der Waals surface area (Å²) in [5, 5.41) is 1.01. The van der Waals surface area contributed by atoms with Crippen LogP contribution in [0.4, 0.5) is 5.69 Å². The largest absolute Gasteiger partial charge is 0.318 e. The number of carbonyl (C=O) groups excluding carboxylic acids is 1. The fourth-order valence-electron chi connectivity index (χ4n) is 3.40. The Hall–Kier alpha value is -1.57. The Kier molecular flexibility index (Phi) is 6.15. The summed E-state index contributed by atoms with van der Waals surface area (Å²) >= 11 is 22.5. The van der Waals surface area contributed by atoms with E-state index in [0.717, 1.165) is 32.8 Å². The SMILES string of the molecule is Cc1cc(/C=C2\SC(=S)N(c3cccc(Br)c3)C2=O)c(C)n1-c1ccc(Cl)c(Cl)c1. The summed E-state index contributed by atoms with van der Waals surface area (Å²) in [5.74, 6) is -0.123. The van der Waals surface area contributed by atoms with Crippen LogP contribution in [0.3, 0.4) is 0 Å². The molecule has 152 valence electrons. The molecular formula is C22H15BrCl2N2OS2. The van der Waals surface area contributed by atoms with E-state index in [-0.39, 0.29) is 5.91 Å². The highest BCUT2D eigenvalue weighted by Gasteiger charge is 2.33. The summed E-state index contributed by atoms with van der Waals surface area (Å²) in [6.07, 6.45) is 1.90. The Labute approximate surface area is 202 Å². The topological polar surface area (TPSA) is 25.2 Å². The summed E-state index contributed by atoms with van der Waals surface area (Å²) in [7, 11) is 0. The number of carbonyl (C=O) groups is 1. The average Bonchev–Trinajstić information content (AvgIpc) is 3.12. The van der Waals surface area contributed by atoms with Crippen LogP contribution in [0.15, 0.2) is 57.9 Å². The van der Waals surface area contributed by atoms with Gasteiger partial charge in [0.1, 0.15) is 0 Å². The number of aryl methyl sites for hydroxylation is 1. The third-order valence-corrected chi connectivity index (χ3v) is 7.31. The first-order chi connectivity index (χ1) is 14.3. The number of aromatic nitrogens is 1. The summed E-state index contributed by atoms with van der Waals surface area (Å²) in [6, 6.07) is 15.1. The van der Waals surface area contributed by atoms with Gasteiger partial charge in [0, 0.05) is 21.5 Å². The van der Waals surface area contributed by atoms with E-state index in [1.165, 1.54) is 11.8 Å². The fraction of sp³-hybridized carbons (Fsp3) is 0.0909. The van der Waals surface area contributed by atoms with Crippen molar-refractivity contribution in [2.24, 2.45) is 0 Å². The van der Waals surface area contributed by atoms with Gasteiger partial charge in [-0.3, -0.25) is 9.69 Å². The lowest BCUT2D eigenvalue weighted by molar-refractivity contribution is -0.113. The van der Waals surface area contributed by atoms with Crippen molar-refractivity contribution in [3.8, 4) is 5.69 Å². The van der Waals surface area contributed by atoms with Gasteiger partial charge in [0.15, 0.2) is 4.32 Å². The second kappa shape index (κ2) is 8.52. The molecule has 0 unspecified atom stereocenters. The number of thiocarbonyl (C=S) groups is 1. The highest BCUT2D eigenvalue weighted by atomic mass is 79.9. The monoisotopic (exact) mass is 536 g/mol. The minimum absolute atomic E-state index is 0.123. The van der Waals surface area contributed by atoms with Crippen molar-refractivity contribution in [2.45, 2.75) is 13.8 Å². The number of amides is 1. The second-order valence-electron chi connectivity index (χ2n) is 6.76. The molecule has 3 nitrogen and oxygen atoms in total. The van der Waals surface area contributed by atoms with Gasteiger partial charge in [-0.15, -0.1) is 0 Å². The quantitative estimate of drug-likeness (QED) is 0.254. The number of rotatable bonds is 3. The molecule has 0 atom stereocenters. The zero-order valence-corrected chi connectivity index (χ0v) is 20.7. The molecule has 0 N–H and O–H groups in total. The normalized spacial score (nSPS) is 15.5. The van der Waals surface area contributed by atoms with Crippen molar-refractivity contribution in [1.29, 1.82) is 0 Å². The second-order valence-corrected chi connectivity index (χ2v) is 10.2. The predicted molar refractivity (Wildman–Crippen MR) is 135 cm³/mol. The van der Waals surface area contributed by atoms with Crippen molar-refractivity contribution >= 4 is 85.1 Å². The van der Waals surface area contributed by atoms with Gasteiger partial charge in [-0.05, 0) is 68.0 Å². The first kappa shape index (κ1) is 21.7. The molecule has 8 heteroatoms. The van der Waals surface area contributed by atoms with Gasteiger partial charge >= 0.3 is 0 Å². The van der Waals surface area contributed by atoms with E-state index >= 15 is 0 Å². The molecule has 1 saturated heterocycles. The van der Waals surface area contributed by atoms with E-state index in [1.807, 2.05) is 62.4 Å². The van der Waals surface area contributed by atoms with Crippen LogP contribution in [0.5, 0.6) is 0 Å². The van der Waals surface area contributed by atoms with Crippen molar-refractivity contribution in [3.05, 3.63) is 84.9 Å². The predicted octanol–water partition coefficient (Wildman–Crippen LogP) is 7.57. The molecule has 0 spiro atoms. The molecule has 0 bridgehead atoms. The maximum absolute atomic E-state index is 13.1. The van der Waals surface area contributed by atoms with Crippen molar-refractivity contribution in [2.75, 3.05) is 4.90 Å². The molecule has 1 aliphatic rings. The van der Waals surface area contributed by atoms with Crippen LogP contribution < -0.4 is 4.90 Å². The van der Waals surface area contributed by atoms with Crippen LogP contribution in [0, 0.1) is 13.8 Å². The summed E-state index contributed by atoms with van der Waals surface area (Å²) in [6.45, 7) is 4.02. The van der Waals surface area contributed by atoms with Crippen molar-refractivity contribution in [1.82, 2.24) is 4.57 Å². The number of nitrogens with zero attached hydrogens (tertiary/aromatic N) is 2. The lowest BCUT2D eigenvalue weighted by Gasteiger charge is -2.14. The Balaban J connectivity index is 1.71. The lowest BCUT2D eigenvalue weighted by atomic mass is 10.2. The minimum atomic E-state index is -0.123. The van der Waals surface area contributed by atoms with Crippen molar-refractivity contribution < 1.29 is 4.79 Å². The van der Waals surface area contributed by atoms with E-state index in [0.29, 0.717) is 19.3 Å². The summed E-state index contributed by atoms with van der Waals surface area (Å²) in [4.78, 5) is 15.2. The lowest BCUT2D eigenvalue weighted by Crippen LogP contribution is -2.27. The highest BCUT2D eigenvalue weighted by molar-refractivity contribution is 9.10. The number of hydrogen-bond acceptors (Lipinski definition) is 3. The molecule has 4 rings (SSSR count). The Morgan fingerprint density at radius 1 is 1.03 bits per heavy atom. The first-order valence-electron chi connectivity index (χ1n) is 8.94. The molecule has 30 heavy (non-hydrogen) atoms. The Morgan fingerprint density at radius 2 is 1.80 bits per heavy atom. The van der Waals surface area contributed by atoms with Gasteiger partial charge in [0.05, 0.1) is 20.6 Å². The van der Waals surface area contributed by atoms with E-state index in [2.05, 4.69) is 20.5 Å².